The normalized spacial score (nSPS) is 18.3. The Bertz CT molecular complexity index is 441. The minimum absolute atomic E-state index is 0.248. The van der Waals surface area contributed by atoms with Crippen molar-refractivity contribution in [1.82, 2.24) is 10.2 Å². The highest BCUT2D eigenvalue weighted by atomic mass is 16.5. The van der Waals surface area contributed by atoms with Gasteiger partial charge in [0, 0.05) is 26.2 Å². The summed E-state index contributed by atoms with van der Waals surface area (Å²) in [6.45, 7) is 4.23. The molecular formula is C15H24N2O4. The van der Waals surface area contributed by atoms with Gasteiger partial charge in [-0.15, -0.1) is 0 Å². The number of methoxy groups -OCH3 is 2. The van der Waals surface area contributed by atoms with Crippen molar-refractivity contribution >= 4 is 5.97 Å². The molecule has 1 N–H and O–H groups in total. The SMILES string of the molecule is COCCN(Cc1ccc(C(=O)OC)o1)CC1CCCN1. The zero-order valence-electron chi connectivity index (χ0n) is 12.8. The van der Waals surface area contributed by atoms with Crippen LogP contribution in [0.2, 0.25) is 0 Å². The summed E-state index contributed by atoms with van der Waals surface area (Å²) in [4.78, 5) is 13.7. The molecular weight excluding hydrogens is 272 g/mol. The first-order valence-corrected chi connectivity index (χ1v) is 7.34. The largest absolute Gasteiger partial charge is 0.463 e. The number of rotatable bonds is 8. The molecule has 1 atom stereocenters. The summed E-state index contributed by atoms with van der Waals surface area (Å²) >= 11 is 0. The van der Waals surface area contributed by atoms with Gasteiger partial charge in [-0.2, -0.15) is 0 Å². The summed E-state index contributed by atoms with van der Waals surface area (Å²) in [5.41, 5.74) is 0. The van der Waals surface area contributed by atoms with Crippen molar-refractivity contribution in [3.05, 3.63) is 23.7 Å². The Kier molecular flexibility index (Phi) is 6.22. The summed E-state index contributed by atoms with van der Waals surface area (Å²) in [6, 6.07) is 4.01. The second kappa shape index (κ2) is 8.17. The lowest BCUT2D eigenvalue weighted by molar-refractivity contribution is 0.0560. The van der Waals surface area contributed by atoms with E-state index in [1.165, 1.54) is 20.0 Å². The highest BCUT2D eigenvalue weighted by Gasteiger charge is 2.19. The Balaban J connectivity index is 1.92. The van der Waals surface area contributed by atoms with Gasteiger partial charge >= 0.3 is 5.97 Å². The van der Waals surface area contributed by atoms with E-state index < -0.39 is 5.97 Å². The Morgan fingerprint density at radius 2 is 2.33 bits per heavy atom. The van der Waals surface area contributed by atoms with Gasteiger partial charge in [0.1, 0.15) is 5.76 Å². The van der Waals surface area contributed by atoms with Gasteiger partial charge < -0.3 is 19.2 Å². The molecule has 0 aromatic carbocycles. The molecule has 1 saturated heterocycles. The Labute approximate surface area is 125 Å². The highest BCUT2D eigenvalue weighted by Crippen LogP contribution is 2.14. The average molecular weight is 296 g/mol. The maximum atomic E-state index is 11.4. The molecule has 0 saturated carbocycles. The van der Waals surface area contributed by atoms with Crippen LogP contribution in [0.3, 0.4) is 0 Å². The molecule has 1 unspecified atom stereocenters. The molecule has 1 aliphatic heterocycles. The first-order chi connectivity index (χ1) is 10.2. The fourth-order valence-corrected chi connectivity index (χ4v) is 2.57. The Morgan fingerprint density at radius 1 is 1.48 bits per heavy atom. The Morgan fingerprint density at radius 3 is 3.00 bits per heavy atom. The van der Waals surface area contributed by atoms with E-state index in [0.29, 0.717) is 19.2 Å². The first-order valence-electron chi connectivity index (χ1n) is 7.34. The van der Waals surface area contributed by atoms with Crippen molar-refractivity contribution in [2.45, 2.75) is 25.4 Å². The van der Waals surface area contributed by atoms with Crippen molar-refractivity contribution in [3.63, 3.8) is 0 Å². The molecule has 0 radical (unpaired) electrons. The van der Waals surface area contributed by atoms with Crippen LogP contribution in [0.25, 0.3) is 0 Å². The molecule has 1 aliphatic rings. The number of esters is 1. The average Bonchev–Trinajstić information content (AvgIpc) is 3.15. The predicted molar refractivity (Wildman–Crippen MR) is 78.2 cm³/mol. The first kappa shape index (κ1) is 16.0. The maximum Gasteiger partial charge on any atom is 0.373 e. The summed E-state index contributed by atoms with van der Waals surface area (Å²) < 4.78 is 15.4. The van der Waals surface area contributed by atoms with Gasteiger partial charge in [-0.1, -0.05) is 0 Å². The molecule has 0 spiro atoms. The second-order valence-electron chi connectivity index (χ2n) is 5.28. The maximum absolute atomic E-state index is 11.4. The van der Waals surface area contributed by atoms with E-state index in [1.807, 2.05) is 6.07 Å². The minimum atomic E-state index is -0.442. The second-order valence-corrected chi connectivity index (χ2v) is 5.28. The molecule has 1 fully saturated rings. The van der Waals surface area contributed by atoms with Crippen molar-refractivity contribution in [2.24, 2.45) is 0 Å². The number of hydrogen-bond donors (Lipinski definition) is 1. The summed E-state index contributed by atoms with van der Waals surface area (Å²) in [5.74, 6) is 0.574. The lowest BCUT2D eigenvalue weighted by Crippen LogP contribution is -2.38. The van der Waals surface area contributed by atoms with E-state index in [0.717, 1.165) is 25.4 Å². The lowest BCUT2D eigenvalue weighted by atomic mass is 10.2. The van der Waals surface area contributed by atoms with Crippen LogP contribution in [0, 0.1) is 0 Å². The number of ether oxygens (including phenoxy) is 2. The summed E-state index contributed by atoms with van der Waals surface area (Å²) in [7, 11) is 3.05. The third kappa shape index (κ3) is 4.84. The quantitative estimate of drug-likeness (QED) is 0.729. The highest BCUT2D eigenvalue weighted by molar-refractivity contribution is 5.86. The van der Waals surface area contributed by atoms with Gasteiger partial charge in [0.2, 0.25) is 5.76 Å². The molecule has 21 heavy (non-hydrogen) atoms. The van der Waals surface area contributed by atoms with Crippen molar-refractivity contribution in [1.29, 1.82) is 0 Å². The van der Waals surface area contributed by atoms with Gasteiger partial charge in [-0.25, -0.2) is 4.79 Å². The molecule has 0 bridgehead atoms. The fraction of sp³-hybridized carbons (Fsp3) is 0.667. The molecule has 2 heterocycles. The van der Waals surface area contributed by atoms with Crippen molar-refractivity contribution in [3.8, 4) is 0 Å². The molecule has 6 nitrogen and oxygen atoms in total. The zero-order chi connectivity index (χ0) is 15.1. The number of carbonyl (C=O) groups is 1. The van der Waals surface area contributed by atoms with Gasteiger partial charge in [-0.3, -0.25) is 4.90 Å². The Hall–Kier alpha value is -1.37. The van der Waals surface area contributed by atoms with Gasteiger partial charge in [-0.05, 0) is 31.5 Å². The standard InChI is InChI=1S/C15H24N2O4/c1-19-9-8-17(10-12-4-3-7-16-12)11-13-5-6-14(21-13)15(18)20-2/h5-6,12,16H,3-4,7-11H2,1-2H3. The molecule has 6 heteroatoms. The van der Waals surface area contributed by atoms with Crippen LogP contribution in [0.15, 0.2) is 16.5 Å². The third-order valence-electron chi connectivity index (χ3n) is 3.68. The van der Waals surface area contributed by atoms with E-state index >= 15 is 0 Å². The molecule has 118 valence electrons. The van der Waals surface area contributed by atoms with Crippen LogP contribution in [0.5, 0.6) is 0 Å². The van der Waals surface area contributed by atoms with Gasteiger partial charge in [0.25, 0.3) is 0 Å². The number of hydrogen-bond acceptors (Lipinski definition) is 6. The van der Waals surface area contributed by atoms with E-state index in [9.17, 15) is 4.79 Å². The van der Waals surface area contributed by atoms with Gasteiger partial charge in [0.05, 0.1) is 20.3 Å². The molecule has 0 amide bonds. The topological polar surface area (TPSA) is 63.9 Å². The summed E-state index contributed by atoms with van der Waals surface area (Å²) in [5, 5.41) is 3.49. The molecule has 1 aromatic heterocycles. The van der Waals surface area contributed by atoms with Crippen LogP contribution >= 0.6 is 0 Å². The smallest absolute Gasteiger partial charge is 0.373 e. The number of carbonyl (C=O) groups excluding carboxylic acids is 1. The number of nitrogens with one attached hydrogen (secondary N) is 1. The number of nitrogens with zero attached hydrogens (tertiary/aromatic N) is 1. The molecule has 1 aromatic rings. The van der Waals surface area contributed by atoms with Crippen LogP contribution in [0.1, 0.15) is 29.2 Å². The predicted octanol–water partition coefficient (Wildman–Crippen LogP) is 1.27. The number of furan rings is 1. The monoisotopic (exact) mass is 296 g/mol. The van der Waals surface area contributed by atoms with E-state index in [1.54, 1.807) is 13.2 Å². The molecule has 0 aliphatic carbocycles. The lowest BCUT2D eigenvalue weighted by Gasteiger charge is -2.24. The zero-order valence-corrected chi connectivity index (χ0v) is 12.8. The third-order valence-corrected chi connectivity index (χ3v) is 3.68. The van der Waals surface area contributed by atoms with Crippen LogP contribution < -0.4 is 5.32 Å². The molecule has 2 rings (SSSR count). The van der Waals surface area contributed by atoms with E-state index in [-0.39, 0.29) is 5.76 Å². The minimum Gasteiger partial charge on any atom is -0.463 e. The van der Waals surface area contributed by atoms with Gasteiger partial charge in [0.15, 0.2) is 0 Å². The van der Waals surface area contributed by atoms with Crippen LogP contribution in [-0.2, 0) is 16.0 Å². The fourth-order valence-electron chi connectivity index (χ4n) is 2.57. The summed E-state index contributed by atoms with van der Waals surface area (Å²) in [6.07, 6.45) is 2.44. The van der Waals surface area contributed by atoms with Crippen LogP contribution in [0.4, 0.5) is 0 Å². The van der Waals surface area contributed by atoms with Crippen molar-refractivity contribution < 1.29 is 18.7 Å². The van der Waals surface area contributed by atoms with Crippen LogP contribution in [-0.4, -0.2) is 57.4 Å². The van der Waals surface area contributed by atoms with E-state index in [4.69, 9.17) is 9.15 Å². The van der Waals surface area contributed by atoms with E-state index in [2.05, 4.69) is 15.0 Å². The van der Waals surface area contributed by atoms with Crippen molar-refractivity contribution in [2.75, 3.05) is 40.5 Å².